The average Bonchev–Trinajstić information content (AvgIpc) is 2.48. The van der Waals surface area contributed by atoms with Crippen molar-refractivity contribution in [2.75, 3.05) is 11.9 Å². The molecule has 0 amide bonds. The molecule has 0 unspecified atom stereocenters. The van der Waals surface area contributed by atoms with Crippen molar-refractivity contribution in [2.45, 2.75) is 50.6 Å². The first-order valence-electron chi connectivity index (χ1n) is 7.43. The second kappa shape index (κ2) is 6.75. The van der Waals surface area contributed by atoms with Gasteiger partial charge in [0.2, 0.25) is 0 Å². The Morgan fingerprint density at radius 3 is 2.55 bits per heavy atom. The number of para-hydroxylation sites is 1. The lowest BCUT2D eigenvalue weighted by Gasteiger charge is -2.42. The van der Waals surface area contributed by atoms with E-state index in [1.165, 1.54) is 6.42 Å². The minimum atomic E-state index is -0.622. The van der Waals surface area contributed by atoms with Gasteiger partial charge < -0.3 is 15.8 Å². The molecule has 0 heterocycles. The van der Waals surface area contributed by atoms with E-state index < -0.39 is 6.04 Å². The number of nitrogens with one attached hydrogen (secondary N) is 1. The Kier molecular flexibility index (Phi) is 5.01. The molecule has 2 rings (SSSR count). The summed E-state index contributed by atoms with van der Waals surface area (Å²) in [4.78, 5) is 12.1. The van der Waals surface area contributed by atoms with E-state index in [9.17, 15) is 4.79 Å². The molecule has 3 N–H and O–H groups in total. The van der Waals surface area contributed by atoms with E-state index in [2.05, 4.69) is 5.32 Å². The van der Waals surface area contributed by atoms with Gasteiger partial charge in [0.15, 0.2) is 0 Å². The van der Waals surface area contributed by atoms with Crippen molar-refractivity contribution < 1.29 is 9.53 Å². The molecule has 1 aliphatic carbocycles. The van der Waals surface area contributed by atoms with E-state index in [1.807, 2.05) is 37.3 Å². The number of carbonyl (C=O) groups excluding carboxylic acids is 1. The van der Waals surface area contributed by atoms with Gasteiger partial charge in [0.05, 0.1) is 12.1 Å². The van der Waals surface area contributed by atoms with Crippen LogP contribution in [-0.2, 0) is 9.53 Å². The van der Waals surface area contributed by atoms with Crippen molar-refractivity contribution in [1.82, 2.24) is 0 Å². The van der Waals surface area contributed by atoms with Crippen LogP contribution in [0.4, 0.5) is 5.69 Å². The zero-order valence-electron chi connectivity index (χ0n) is 12.1. The quantitative estimate of drug-likeness (QED) is 0.812. The fraction of sp³-hybridized carbons (Fsp3) is 0.562. The van der Waals surface area contributed by atoms with Crippen LogP contribution < -0.4 is 11.1 Å². The van der Waals surface area contributed by atoms with Gasteiger partial charge in [0.25, 0.3) is 0 Å². The highest BCUT2D eigenvalue weighted by molar-refractivity contribution is 5.78. The Labute approximate surface area is 120 Å². The highest BCUT2D eigenvalue weighted by Gasteiger charge is 2.42. The maximum atomic E-state index is 12.1. The number of nitrogens with two attached hydrogens (primary N) is 1. The normalized spacial score (nSPS) is 19.1. The largest absolute Gasteiger partial charge is 0.465 e. The lowest BCUT2D eigenvalue weighted by atomic mass is 9.76. The monoisotopic (exact) mass is 276 g/mol. The van der Waals surface area contributed by atoms with Crippen LogP contribution in [0.3, 0.4) is 0 Å². The van der Waals surface area contributed by atoms with E-state index in [-0.39, 0.29) is 11.5 Å². The molecule has 4 nitrogen and oxygen atoms in total. The van der Waals surface area contributed by atoms with Crippen LogP contribution in [-0.4, -0.2) is 24.2 Å². The Hall–Kier alpha value is -1.55. The van der Waals surface area contributed by atoms with Crippen molar-refractivity contribution in [2.24, 2.45) is 5.73 Å². The van der Waals surface area contributed by atoms with Crippen LogP contribution in [0.5, 0.6) is 0 Å². The highest BCUT2D eigenvalue weighted by atomic mass is 16.5. The molecule has 0 saturated heterocycles. The third-order valence-electron chi connectivity index (χ3n) is 4.05. The predicted molar refractivity (Wildman–Crippen MR) is 80.5 cm³/mol. The summed E-state index contributed by atoms with van der Waals surface area (Å²) in [5, 5.41) is 3.51. The smallest absolute Gasteiger partial charge is 0.325 e. The third kappa shape index (κ3) is 3.31. The number of esters is 1. The molecule has 1 aliphatic rings. The number of benzene rings is 1. The van der Waals surface area contributed by atoms with Crippen LogP contribution in [0.15, 0.2) is 30.3 Å². The fourth-order valence-electron chi connectivity index (χ4n) is 2.96. The highest BCUT2D eigenvalue weighted by Crippen LogP contribution is 2.34. The van der Waals surface area contributed by atoms with Crippen molar-refractivity contribution in [3.05, 3.63) is 30.3 Å². The van der Waals surface area contributed by atoms with Crippen molar-refractivity contribution >= 4 is 11.7 Å². The molecule has 1 atom stereocenters. The van der Waals surface area contributed by atoms with Crippen molar-refractivity contribution in [1.29, 1.82) is 0 Å². The number of rotatable bonds is 5. The molecular weight excluding hydrogens is 252 g/mol. The molecule has 1 aromatic carbocycles. The molecule has 4 heteroatoms. The van der Waals surface area contributed by atoms with E-state index in [4.69, 9.17) is 10.5 Å². The molecule has 20 heavy (non-hydrogen) atoms. The van der Waals surface area contributed by atoms with Crippen LogP contribution in [0, 0.1) is 0 Å². The molecule has 1 fully saturated rings. The summed E-state index contributed by atoms with van der Waals surface area (Å²) >= 11 is 0. The minimum Gasteiger partial charge on any atom is -0.465 e. The zero-order chi connectivity index (χ0) is 14.4. The van der Waals surface area contributed by atoms with Crippen LogP contribution >= 0.6 is 0 Å². The van der Waals surface area contributed by atoms with Crippen LogP contribution in [0.25, 0.3) is 0 Å². The summed E-state index contributed by atoms with van der Waals surface area (Å²) in [6, 6.07) is 9.33. The second-order valence-electron chi connectivity index (χ2n) is 5.44. The van der Waals surface area contributed by atoms with Crippen molar-refractivity contribution in [3.63, 3.8) is 0 Å². The predicted octanol–water partition coefficient (Wildman–Crippen LogP) is 2.69. The maximum absolute atomic E-state index is 12.1. The molecule has 0 aliphatic heterocycles. The summed E-state index contributed by atoms with van der Waals surface area (Å²) in [7, 11) is 0. The first-order chi connectivity index (χ1) is 9.68. The van der Waals surface area contributed by atoms with Crippen molar-refractivity contribution in [3.8, 4) is 0 Å². The third-order valence-corrected chi connectivity index (χ3v) is 4.05. The Bertz CT molecular complexity index is 427. The number of hydrogen-bond acceptors (Lipinski definition) is 4. The number of ether oxygens (including phenoxy) is 1. The number of hydrogen-bond donors (Lipinski definition) is 2. The summed E-state index contributed by atoms with van der Waals surface area (Å²) in [6.07, 6.45) is 5.19. The summed E-state index contributed by atoms with van der Waals surface area (Å²) < 4.78 is 5.12. The first-order valence-corrected chi connectivity index (χ1v) is 7.43. The van der Waals surface area contributed by atoms with Gasteiger partial charge in [-0.15, -0.1) is 0 Å². The van der Waals surface area contributed by atoms with E-state index >= 15 is 0 Å². The summed E-state index contributed by atoms with van der Waals surface area (Å²) in [6.45, 7) is 2.18. The van der Waals surface area contributed by atoms with Gasteiger partial charge in [0, 0.05) is 5.69 Å². The maximum Gasteiger partial charge on any atom is 0.325 e. The molecule has 1 aromatic rings. The van der Waals surface area contributed by atoms with Gasteiger partial charge in [-0.05, 0) is 31.9 Å². The van der Waals surface area contributed by atoms with Gasteiger partial charge >= 0.3 is 5.97 Å². The zero-order valence-corrected chi connectivity index (χ0v) is 12.1. The Morgan fingerprint density at radius 1 is 1.30 bits per heavy atom. The minimum absolute atomic E-state index is 0.308. The van der Waals surface area contributed by atoms with E-state index in [0.717, 1.165) is 31.4 Å². The van der Waals surface area contributed by atoms with Crippen LogP contribution in [0.2, 0.25) is 0 Å². The summed E-state index contributed by atoms with van der Waals surface area (Å²) in [5.41, 5.74) is 6.85. The van der Waals surface area contributed by atoms with Crippen LogP contribution in [0.1, 0.15) is 39.0 Å². The van der Waals surface area contributed by atoms with Gasteiger partial charge in [-0.25, -0.2) is 0 Å². The lowest BCUT2D eigenvalue weighted by Crippen LogP contribution is -2.59. The van der Waals surface area contributed by atoms with E-state index in [1.54, 1.807) is 0 Å². The van der Waals surface area contributed by atoms with Gasteiger partial charge in [-0.2, -0.15) is 0 Å². The second-order valence-corrected chi connectivity index (χ2v) is 5.44. The molecular formula is C16H24N2O2. The molecule has 0 radical (unpaired) electrons. The number of carbonyl (C=O) groups is 1. The Morgan fingerprint density at radius 2 is 1.95 bits per heavy atom. The average molecular weight is 276 g/mol. The lowest BCUT2D eigenvalue weighted by molar-refractivity contribution is -0.146. The standard InChI is InChI=1S/C16H24N2O2/c1-2-20-15(19)14(17)16(11-7-4-8-12-16)18-13-9-5-3-6-10-13/h3,5-6,9-10,14,18H,2,4,7-8,11-12,17H2,1H3/t14-/m0/s1. The number of anilines is 1. The molecule has 0 spiro atoms. The van der Waals surface area contributed by atoms with Gasteiger partial charge in [-0.3, -0.25) is 4.79 Å². The molecule has 0 aromatic heterocycles. The molecule has 0 bridgehead atoms. The fourth-order valence-corrected chi connectivity index (χ4v) is 2.96. The SMILES string of the molecule is CCOC(=O)[C@H](N)C1(Nc2ccccc2)CCCCC1. The molecule has 110 valence electrons. The first kappa shape index (κ1) is 14.9. The Balaban J connectivity index is 2.18. The molecule has 1 saturated carbocycles. The van der Waals surface area contributed by atoms with Gasteiger partial charge in [0.1, 0.15) is 6.04 Å². The topological polar surface area (TPSA) is 64.3 Å². The van der Waals surface area contributed by atoms with E-state index in [0.29, 0.717) is 6.61 Å². The van der Waals surface area contributed by atoms with Gasteiger partial charge in [-0.1, -0.05) is 37.5 Å². The summed E-state index contributed by atoms with van der Waals surface area (Å²) in [5.74, 6) is -0.308.